The van der Waals surface area contributed by atoms with Crippen molar-refractivity contribution in [1.82, 2.24) is 4.98 Å². The van der Waals surface area contributed by atoms with Gasteiger partial charge in [0.15, 0.2) is 5.78 Å². The lowest BCUT2D eigenvalue weighted by Gasteiger charge is -2.07. The number of rotatable bonds is 3. The second-order valence-corrected chi connectivity index (χ2v) is 5.57. The molecular formula is C14H12ClNOS. The van der Waals surface area contributed by atoms with Crippen molar-refractivity contribution in [3.8, 4) is 0 Å². The first-order valence-corrected chi connectivity index (χ1v) is 7.33. The molecular weight excluding hydrogens is 266 g/mol. The SMILES string of the molecule is O=C(CCl)c1csc(C2CCc3ccccc32)n1. The third-order valence-electron chi connectivity index (χ3n) is 3.36. The number of Topliss-reactive ketones (excluding diaryl/α,β-unsaturated/α-hetero) is 1. The van der Waals surface area contributed by atoms with E-state index in [4.69, 9.17) is 11.6 Å². The normalized spacial score (nSPS) is 17.7. The minimum absolute atomic E-state index is 0.00439. The zero-order valence-corrected chi connectivity index (χ0v) is 11.3. The van der Waals surface area contributed by atoms with Gasteiger partial charge in [0.2, 0.25) is 0 Å². The molecule has 1 aliphatic rings. The molecule has 0 saturated heterocycles. The maximum absolute atomic E-state index is 11.5. The van der Waals surface area contributed by atoms with Crippen LogP contribution in [0.2, 0.25) is 0 Å². The average molecular weight is 278 g/mol. The second-order valence-electron chi connectivity index (χ2n) is 4.42. The van der Waals surface area contributed by atoms with Crippen molar-refractivity contribution in [3.05, 3.63) is 51.5 Å². The Morgan fingerprint density at radius 2 is 2.28 bits per heavy atom. The van der Waals surface area contributed by atoms with Gasteiger partial charge in [-0.25, -0.2) is 4.98 Å². The van der Waals surface area contributed by atoms with E-state index in [1.807, 2.05) is 5.38 Å². The van der Waals surface area contributed by atoms with Crippen LogP contribution in [0.15, 0.2) is 29.6 Å². The topological polar surface area (TPSA) is 30.0 Å². The molecule has 0 radical (unpaired) electrons. The summed E-state index contributed by atoms with van der Waals surface area (Å²) in [5.41, 5.74) is 3.27. The summed E-state index contributed by atoms with van der Waals surface area (Å²) in [6.45, 7) is 0. The number of benzene rings is 1. The smallest absolute Gasteiger partial charge is 0.196 e. The molecule has 0 saturated carbocycles. The number of hydrogen-bond acceptors (Lipinski definition) is 3. The molecule has 0 N–H and O–H groups in total. The Labute approximate surface area is 115 Å². The quantitative estimate of drug-likeness (QED) is 0.633. The molecule has 3 rings (SSSR count). The molecule has 1 atom stereocenters. The maximum atomic E-state index is 11.5. The molecule has 2 aromatic rings. The number of halogens is 1. The number of carbonyl (C=O) groups excluding carboxylic acids is 1. The predicted molar refractivity (Wildman–Crippen MR) is 73.8 cm³/mol. The summed E-state index contributed by atoms with van der Waals surface area (Å²) in [6, 6.07) is 8.48. The van der Waals surface area contributed by atoms with Crippen molar-refractivity contribution in [2.75, 3.05) is 5.88 Å². The van der Waals surface area contributed by atoms with Gasteiger partial charge in [0, 0.05) is 11.3 Å². The van der Waals surface area contributed by atoms with Crippen LogP contribution in [0.1, 0.15) is 39.0 Å². The number of aryl methyl sites for hydroxylation is 1. The fraction of sp³-hybridized carbons (Fsp3) is 0.286. The van der Waals surface area contributed by atoms with E-state index in [-0.39, 0.29) is 11.7 Å². The van der Waals surface area contributed by atoms with E-state index in [0.717, 1.165) is 17.8 Å². The van der Waals surface area contributed by atoms with Crippen molar-refractivity contribution in [3.63, 3.8) is 0 Å². The zero-order chi connectivity index (χ0) is 12.5. The third kappa shape index (κ3) is 1.98. The van der Waals surface area contributed by atoms with E-state index in [0.29, 0.717) is 11.6 Å². The number of aromatic nitrogens is 1. The molecule has 18 heavy (non-hydrogen) atoms. The number of thiazole rings is 1. The predicted octanol–water partition coefficient (Wildman–Crippen LogP) is 3.64. The zero-order valence-electron chi connectivity index (χ0n) is 9.73. The average Bonchev–Trinajstić information content (AvgIpc) is 3.03. The lowest BCUT2D eigenvalue weighted by atomic mass is 10.0. The van der Waals surface area contributed by atoms with Crippen LogP contribution in [-0.2, 0) is 6.42 Å². The molecule has 92 valence electrons. The molecule has 0 amide bonds. The van der Waals surface area contributed by atoms with E-state index in [1.54, 1.807) is 11.3 Å². The lowest BCUT2D eigenvalue weighted by molar-refractivity contribution is 0.101. The fourth-order valence-electron chi connectivity index (χ4n) is 2.46. The van der Waals surface area contributed by atoms with Gasteiger partial charge in [0.05, 0.1) is 5.88 Å². The van der Waals surface area contributed by atoms with E-state index < -0.39 is 0 Å². The highest BCUT2D eigenvalue weighted by atomic mass is 35.5. The fourth-order valence-corrected chi connectivity index (χ4v) is 3.57. The highest BCUT2D eigenvalue weighted by Gasteiger charge is 2.26. The standard InChI is InChI=1S/C14H12ClNOS/c15-7-13(17)12-8-18-14(16-12)11-6-5-9-3-1-2-4-10(9)11/h1-4,8,11H,5-7H2. The largest absolute Gasteiger partial charge is 0.291 e. The van der Waals surface area contributed by atoms with Gasteiger partial charge in [-0.2, -0.15) is 0 Å². The van der Waals surface area contributed by atoms with Gasteiger partial charge < -0.3 is 0 Å². The van der Waals surface area contributed by atoms with Gasteiger partial charge in [-0.15, -0.1) is 22.9 Å². The molecule has 0 aliphatic heterocycles. The summed E-state index contributed by atoms with van der Waals surface area (Å²) in [6.07, 6.45) is 2.18. The molecule has 1 aliphatic carbocycles. The first kappa shape index (κ1) is 11.9. The van der Waals surface area contributed by atoms with Crippen LogP contribution in [0, 0.1) is 0 Å². The Balaban J connectivity index is 1.93. The molecule has 1 aromatic heterocycles. The van der Waals surface area contributed by atoms with Crippen LogP contribution in [0.25, 0.3) is 0 Å². The highest BCUT2D eigenvalue weighted by molar-refractivity contribution is 7.10. The lowest BCUT2D eigenvalue weighted by Crippen LogP contribution is -2.02. The Kier molecular flexibility index (Phi) is 3.18. The van der Waals surface area contributed by atoms with Crippen molar-refractivity contribution < 1.29 is 4.79 Å². The summed E-state index contributed by atoms with van der Waals surface area (Å²) in [5, 5.41) is 2.86. The molecule has 0 spiro atoms. The van der Waals surface area contributed by atoms with Gasteiger partial charge >= 0.3 is 0 Å². The third-order valence-corrected chi connectivity index (χ3v) is 4.56. The van der Waals surface area contributed by atoms with Gasteiger partial charge in [-0.05, 0) is 24.0 Å². The number of hydrogen-bond donors (Lipinski definition) is 0. The molecule has 0 bridgehead atoms. The van der Waals surface area contributed by atoms with E-state index in [2.05, 4.69) is 29.2 Å². The minimum Gasteiger partial charge on any atom is -0.291 e. The number of nitrogens with zero attached hydrogens (tertiary/aromatic N) is 1. The molecule has 4 heteroatoms. The van der Waals surface area contributed by atoms with Gasteiger partial charge in [0.25, 0.3) is 0 Å². The summed E-state index contributed by atoms with van der Waals surface area (Å²) in [7, 11) is 0. The van der Waals surface area contributed by atoms with Crippen molar-refractivity contribution in [2.24, 2.45) is 0 Å². The minimum atomic E-state index is -0.0922. The Morgan fingerprint density at radius 3 is 3.11 bits per heavy atom. The van der Waals surface area contributed by atoms with Crippen molar-refractivity contribution in [1.29, 1.82) is 0 Å². The van der Waals surface area contributed by atoms with Gasteiger partial charge in [0.1, 0.15) is 10.7 Å². The van der Waals surface area contributed by atoms with Crippen molar-refractivity contribution >= 4 is 28.7 Å². The molecule has 1 aromatic carbocycles. The first-order chi connectivity index (χ1) is 8.79. The van der Waals surface area contributed by atoms with Gasteiger partial charge in [-0.1, -0.05) is 24.3 Å². The number of ketones is 1. The highest BCUT2D eigenvalue weighted by Crippen LogP contribution is 2.39. The number of alkyl halides is 1. The van der Waals surface area contributed by atoms with Crippen LogP contribution in [0.5, 0.6) is 0 Å². The summed E-state index contributed by atoms with van der Waals surface area (Å²) in [4.78, 5) is 15.9. The van der Waals surface area contributed by atoms with Gasteiger partial charge in [-0.3, -0.25) is 4.79 Å². The Bertz CT molecular complexity index is 593. The Hall–Kier alpha value is -1.19. The van der Waals surface area contributed by atoms with Crippen LogP contribution >= 0.6 is 22.9 Å². The molecule has 0 fully saturated rings. The van der Waals surface area contributed by atoms with E-state index in [1.165, 1.54) is 11.1 Å². The van der Waals surface area contributed by atoms with E-state index in [9.17, 15) is 4.79 Å². The van der Waals surface area contributed by atoms with Crippen molar-refractivity contribution in [2.45, 2.75) is 18.8 Å². The summed E-state index contributed by atoms with van der Waals surface area (Å²) >= 11 is 7.12. The number of fused-ring (bicyclic) bond motifs is 1. The van der Waals surface area contributed by atoms with Crippen LogP contribution in [0.3, 0.4) is 0 Å². The van der Waals surface area contributed by atoms with Crippen LogP contribution in [0.4, 0.5) is 0 Å². The maximum Gasteiger partial charge on any atom is 0.196 e. The summed E-state index contributed by atoms with van der Waals surface area (Å²) in [5.74, 6) is 0.262. The molecule has 1 unspecified atom stereocenters. The molecule has 1 heterocycles. The van der Waals surface area contributed by atoms with E-state index >= 15 is 0 Å². The summed E-state index contributed by atoms with van der Waals surface area (Å²) < 4.78 is 0. The Morgan fingerprint density at radius 1 is 1.44 bits per heavy atom. The van der Waals surface area contributed by atoms with Crippen LogP contribution < -0.4 is 0 Å². The number of carbonyl (C=O) groups is 1. The molecule has 2 nitrogen and oxygen atoms in total. The van der Waals surface area contributed by atoms with Crippen LogP contribution in [-0.4, -0.2) is 16.6 Å². The second kappa shape index (κ2) is 4.82. The monoisotopic (exact) mass is 277 g/mol. The first-order valence-electron chi connectivity index (χ1n) is 5.92.